The van der Waals surface area contributed by atoms with E-state index in [9.17, 15) is 13.2 Å². The van der Waals surface area contributed by atoms with E-state index in [1.165, 1.54) is 8.61 Å². The molecule has 21 heavy (non-hydrogen) atoms. The highest BCUT2D eigenvalue weighted by molar-refractivity contribution is 7.86. The molecule has 6 nitrogen and oxygen atoms in total. The Morgan fingerprint density at radius 3 is 2.81 bits per heavy atom. The van der Waals surface area contributed by atoms with Gasteiger partial charge in [0.05, 0.1) is 19.3 Å². The van der Waals surface area contributed by atoms with Gasteiger partial charge < -0.3 is 4.74 Å². The Labute approximate surface area is 127 Å². The second kappa shape index (κ2) is 7.17. The first kappa shape index (κ1) is 16.9. The zero-order valence-corrected chi connectivity index (χ0v) is 13.8. The molecule has 7 heteroatoms. The van der Waals surface area contributed by atoms with Gasteiger partial charge in [0.15, 0.2) is 0 Å². The van der Waals surface area contributed by atoms with Crippen molar-refractivity contribution in [1.82, 2.24) is 8.61 Å². The lowest BCUT2D eigenvalue weighted by atomic mass is 9.97. The van der Waals surface area contributed by atoms with Crippen molar-refractivity contribution in [3.05, 3.63) is 0 Å². The van der Waals surface area contributed by atoms with E-state index in [1.54, 1.807) is 7.05 Å². The molecule has 0 unspecified atom stereocenters. The molecule has 0 spiro atoms. The maximum atomic E-state index is 12.8. The Morgan fingerprint density at radius 1 is 1.43 bits per heavy atom. The molecule has 0 aromatic carbocycles. The van der Waals surface area contributed by atoms with Gasteiger partial charge in [-0.3, -0.25) is 4.79 Å². The van der Waals surface area contributed by atoms with Crippen LogP contribution in [0.5, 0.6) is 0 Å². The fourth-order valence-electron chi connectivity index (χ4n) is 3.14. The predicted octanol–water partition coefficient (Wildman–Crippen LogP) is 1.03. The molecule has 0 N–H and O–H groups in total. The molecule has 0 aromatic heterocycles. The second-order valence-corrected chi connectivity index (χ2v) is 7.89. The van der Waals surface area contributed by atoms with Gasteiger partial charge in [0, 0.05) is 32.5 Å². The van der Waals surface area contributed by atoms with E-state index in [2.05, 4.69) is 0 Å². The minimum Gasteiger partial charge on any atom is -0.378 e. The van der Waals surface area contributed by atoms with Gasteiger partial charge in [-0.25, -0.2) is 0 Å². The zero-order valence-electron chi connectivity index (χ0n) is 13.0. The van der Waals surface area contributed by atoms with Crippen LogP contribution in [0.25, 0.3) is 0 Å². The smallest absolute Gasteiger partial charge is 0.282 e. The molecular weight excluding hydrogens is 292 g/mol. The summed E-state index contributed by atoms with van der Waals surface area (Å²) in [5.41, 5.74) is 0. The number of Topliss-reactive ketones (excluding diaryl/α,β-unsaturated/α-hetero) is 1. The molecule has 1 saturated heterocycles. The largest absolute Gasteiger partial charge is 0.378 e. The van der Waals surface area contributed by atoms with Gasteiger partial charge in [0.2, 0.25) is 0 Å². The van der Waals surface area contributed by atoms with Crippen LogP contribution < -0.4 is 0 Å². The number of rotatable bonds is 6. The summed E-state index contributed by atoms with van der Waals surface area (Å²) in [6, 6.07) is -0.331. The number of morpholine rings is 1. The minimum atomic E-state index is -3.51. The lowest BCUT2D eigenvalue weighted by Crippen LogP contribution is -2.56. The number of hydrogen-bond donors (Lipinski definition) is 0. The van der Waals surface area contributed by atoms with Gasteiger partial charge >= 0.3 is 0 Å². The standard InChI is InChI=1S/C14H26N2O4S/c1-3-4-8-15(2)21(18,19)16-9-10-20-11-13(16)12-6-5-7-14(12)17/h12-13H,3-11H2,1-2H3/t12-,13-/m1/s1. The Morgan fingerprint density at radius 2 is 2.19 bits per heavy atom. The van der Waals surface area contributed by atoms with Crippen molar-refractivity contribution in [2.45, 2.75) is 45.1 Å². The van der Waals surface area contributed by atoms with E-state index in [1.807, 2.05) is 6.92 Å². The van der Waals surface area contributed by atoms with Crippen molar-refractivity contribution < 1.29 is 17.9 Å². The number of ketones is 1. The Bertz CT molecular complexity index is 466. The minimum absolute atomic E-state index is 0.182. The number of carbonyl (C=O) groups excluding carboxylic acids is 1. The van der Waals surface area contributed by atoms with Crippen molar-refractivity contribution in [2.24, 2.45) is 5.92 Å². The molecule has 2 aliphatic rings. The summed E-state index contributed by atoms with van der Waals surface area (Å²) in [6.45, 7) is 3.62. The Balaban J connectivity index is 2.15. The van der Waals surface area contributed by atoms with Gasteiger partial charge in [-0.1, -0.05) is 13.3 Å². The summed E-state index contributed by atoms with van der Waals surface area (Å²) in [5.74, 6) is -0.0124. The molecule has 0 amide bonds. The average Bonchev–Trinajstić information content (AvgIpc) is 2.90. The molecule has 2 atom stereocenters. The fraction of sp³-hybridized carbons (Fsp3) is 0.929. The molecule has 2 fully saturated rings. The quantitative estimate of drug-likeness (QED) is 0.734. The van der Waals surface area contributed by atoms with E-state index in [0.29, 0.717) is 32.7 Å². The lowest BCUT2D eigenvalue weighted by molar-refractivity contribution is -0.123. The average molecular weight is 318 g/mol. The molecule has 2 rings (SSSR count). The summed E-state index contributed by atoms with van der Waals surface area (Å²) in [4.78, 5) is 12.0. The Hall–Kier alpha value is -0.500. The first-order valence-corrected chi connectivity index (χ1v) is 9.21. The SMILES string of the molecule is CCCCN(C)S(=O)(=O)N1CCOC[C@@H]1[C@H]1CCCC1=O. The third-order valence-electron chi connectivity index (χ3n) is 4.45. The van der Waals surface area contributed by atoms with Gasteiger partial charge in [-0.15, -0.1) is 0 Å². The molecule has 1 aliphatic carbocycles. The topological polar surface area (TPSA) is 66.9 Å². The van der Waals surface area contributed by atoms with Gasteiger partial charge in [0.25, 0.3) is 10.2 Å². The highest BCUT2D eigenvalue weighted by Crippen LogP contribution is 2.31. The highest BCUT2D eigenvalue weighted by atomic mass is 32.2. The molecule has 1 saturated carbocycles. The van der Waals surface area contributed by atoms with Crippen molar-refractivity contribution in [3.8, 4) is 0 Å². The van der Waals surface area contributed by atoms with Crippen molar-refractivity contribution in [3.63, 3.8) is 0 Å². The van der Waals surface area contributed by atoms with E-state index >= 15 is 0 Å². The van der Waals surface area contributed by atoms with Crippen LogP contribution >= 0.6 is 0 Å². The van der Waals surface area contributed by atoms with Crippen LogP contribution in [0.1, 0.15) is 39.0 Å². The van der Waals surface area contributed by atoms with Crippen LogP contribution in [-0.2, 0) is 19.7 Å². The maximum Gasteiger partial charge on any atom is 0.282 e. The molecule has 0 aromatic rings. The Kier molecular flexibility index (Phi) is 5.76. The monoisotopic (exact) mass is 318 g/mol. The van der Waals surface area contributed by atoms with Crippen LogP contribution in [0.15, 0.2) is 0 Å². The summed E-state index contributed by atoms with van der Waals surface area (Å²) in [5, 5.41) is 0. The van der Waals surface area contributed by atoms with Crippen LogP contribution in [0, 0.1) is 5.92 Å². The van der Waals surface area contributed by atoms with Crippen LogP contribution in [-0.4, -0.2) is 62.2 Å². The number of carbonyl (C=O) groups is 1. The predicted molar refractivity (Wildman–Crippen MR) is 80.1 cm³/mol. The normalized spacial score (nSPS) is 28.4. The van der Waals surface area contributed by atoms with E-state index in [4.69, 9.17) is 4.74 Å². The number of unbranched alkanes of at least 4 members (excludes halogenated alkanes) is 1. The van der Waals surface area contributed by atoms with Gasteiger partial charge in [-0.05, 0) is 19.3 Å². The first-order valence-electron chi connectivity index (χ1n) is 7.82. The first-order chi connectivity index (χ1) is 9.98. The third kappa shape index (κ3) is 3.64. The maximum absolute atomic E-state index is 12.8. The summed E-state index contributed by atoms with van der Waals surface area (Å²) in [7, 11) is -1.89. The number of nitrogens with zero attached hydrogens (tertiary/aromatic N) is 2. The summed E-state index contributed by atoms with van der Waals surface area (Å²) >= 11 is 0. The summed E-state index contributed by atoms with van der Waals surface area (Å²) in [6.07, 6.45) is 4.00. The second-order valence-electron chi connectivity index (χ2n) is 5.90. The van der Waals surface area contributed by atoms with Crippen LogP contribution in [0.3, 0.4) is 0 Å². The number of ether oxygens (including phenoxy) is 1. The fourth-order valence-corrected chi connectivity index (χ4v) is 4.71. The lowest BCUT2D eigenvalue weighted by Gasteiger charge is -2.39. The van der Waals surface area contributed by atoms with Crippen molar-refractivity contribution >= 4 is 16.0 Å². The van der Waals surface area contributed by atoms with Gasteiger partial charge in [-0.2, -0.15) is 17.0 Å². The van der Waals surface area contributed by atoms with Crippen molar-refractivity contribution in [1.29, 1.82) is 0 Å². The molecule has 0 radical (unpaired) electrons. The zero-order chi connectivity index (χ0) is 15.5. The van der Waals surface area contributed by atoms with Crippen LogP contribution in [0.2, 0.25) is 0 Å². The van der Waals surface area contributed by atoms with E-state index in [0.717, 1.165) is 25.7 Å². The molecule has 1 heterocycles. The van der Waals surface area contributed by atoms with E-state index in [-0.39, 0.29) is 17.7 Å². The molecule has 0 bridgehead atoms. The molecule has 1 aliphatic heterocycles. The number of hydrogen-bond acceptors (Lipinski definition) is 4. The highest BCUT2D eigenvalue weighted by Gasteiger charge is 2.43. The summed E-state index contributed by atoms with van der Waals surface area (Å²) < 4.78 is 33.9. The van der Waals surface area contributed by atoms with Crippen molar-refractivity contribution in [2.75, 3.05) is 33.4 Å². The van der Waals surface area contributed by atoms with Gasteiger partial charge in [0.1, 0.15) is 5.78 Å². The molecule has 122 valence electrons. The van der Waals surface area contributed by atoms with E-state index < -0.39 is 10.2 Å². The third-order valence-corrected chi connectivity index (χ3v) is 6.46. The van der Waals surface area contributed by atoms with Crippen LogP contribution in [0.4, 0.5) is 0 Å². The molecular formula is C14H26N2O4S.